The number of aromatic nitrogens is 4. The Labute approximate surface area is 165 Å². The van der Waals surface area contributed by atoms with Crippen molar-refractivity contribution in [1.82, 2.24) is 25.1 Å². The summed E-state index contributed by atoms with van der Waals surface area (Å²) in [6, 6.07) is 12.1. The molecule has 0 spiro atoms. The predicted octanol–water partition coefficient (Wildman–Crippen LogP) is 3.24. The van der Waals surface area contributed by atoms with Crippen molar-refractivity contribution < 1.29 is 4.79 Å². The molecule has 0 saturated heterocycles. The van der Waals surface area contributed by atoms with Crippen molar-refractivity contribution in [2.45, 2.75) is 52.5 Å². The fourth-order valence-corrected chi connectivity index (χ4v) is 3.77. The van der Waals surface area contributed by atoms with Crippen LogP contribution in [0, 0.1) is 27.7 Å². The van der Waals surface area contributed by atoms with Gasteiger partial charge in [0, 0.05) is 22.6 Å². The van der Waals surface area contributed by atoms with Gasteiger partial charge in [-0.15, -0.1) is 0 Å². The summed E-state index contributed by atoms with van der Waals surface area (Å²) < 4.78 is 1.74. The minimum atomic E-state index is -0.201. The molecule has 2 heterocycles. The highest BCUT2D eigenvalue weighted by Crippen LogP contribution is 2.45. The van der Waals surface area contributed by atoms with Gasteiger partial charge in [-0.3, -0.25) is 4.79 Å². The van der Waals surface area contributed by atoms with Gasteiger partial charge < -0.3 is 5.32 Å². The second-order valence-corrected chi connectivity index (χ2v) is 7.68. The number of amides is 1. The summed E-state index contributed by atoms with van der Waals surface area (Å²) in [7, 11) is 0. The van der Waals surface area contributed by atoms with Crippen LogP contribution in [-0.2, 0) is 16.8 Å². The molecular formula is C22H25N5O. The average Bonchev–Trinajstić information content (AvgIpc) is 3.38. The van der Waals surface area contributed by atoms with Crippen molar-refractivity contribution >= 4 is 5.91 Å². The Bertz CT molecular complexity index is 1010. The van der Waals surface area contributed by atoms with Crippen LogP contribution in [0.25, 0.3) is 5.95 Å². The second-order valence-electron chi connectivity index (χ2n) is 7.68. The lowest BCUT2D eigenvalue weighted by molar-refractivity contribution is -0.121. The van der Waals surface area contributed by atoms with E-state index in [0.29, 0.717) is 12.4 Å². The van der Waals surface area contributed by atoms with Crippen LogP contribution in [0.3, 0.4) is 0 Å². The fraction of sp³-hybridized carbons (Fsp3) is 0.364. The van der Waals surface area contributed by atoms with E-state index in [0.717, 1.165) is 41.2 Å². The van der Waals surface area contributed by atoms with E-state index in [4.69, 9.17) is 0 Å². The molecule has 2 aromatic heterocycles. The molecule has 0 bridgehead atoms. The van der Waals surface area contributed by atoms with Crippen LogP contribution >= 0.6 is 0 Å². The SMILES string of the molecule is Cc1cc(C)nc(-n2nc(C)c(CC(=O)NC3(c4ccccc4)CC3)c2C)n1. The summed E-state index contributed by atoms with van der Waals surface area (Å²) in [6.45, 7) is 7.78. The van der Waals surface area contributed by atoms with Crippen LogP contribution in [0.5, 0.6) is 0 Å². The van der Waals surface area contributed by atoms with E-state index >= 15 is 0 Å². The third-order valence-corrected chi connectivity index (χ3v) is 5.39. The van der Waals surface area contributed by atoms with Crippen LogP contribution in [0.15, 0.2) is 36.4 Å². The molecule has 6 heteroatoms. The van der Waals surface area contributed by atoms with Gasteiger partial charge in [0.1, 0.15) is 0 Å². The van der Waals surface area contributed by atoms with E-state index < -0.39 is 0 Å². The van der Waals surface area contributed by atoms with Crippen LogP contribution < -0.4 is 5.32 Å². The van der Waals surface area contributed by atoms with Gasteiger partial charge in [0.25, 0.3) is 5.95 Å². The van der Waals surface area contributed by atoms with Gasteiger partial charge in [0.15, 0.2) is 0 Å². The molecular weight excluding hydrogens is 350 g/mol. The maximum atomic E-state index is 12.8. The number of aryl methyl sites for hydroxylation is 3. The van der Waals surface area contributed by atoms with Crippen molar-refractivity contribution in [3.63, 3.8) is 0 Å². The first-order chi connectivity index (χ1) is 13.4. The van der Waals surface area contributed by atoms with Gasteiger partial charge in [-0.05, 0) is 52.2 Å². The molecule has 144 valence electrons. The standard InChI is InChI=1S/C22H25N5O/c1-14-12-15(2)24-21(23-14)27-17(4)19(16(3)26-27)13-20(28)25-22(10-11-22)18-8-6-5-7-9-18/h5-9,12H,10-11,13H2,1-4H3,(H,25,28). The quantitative estimate of drug-likeness (QED) is 0.743. The summed E-state index contributed by atoms with van der Waals surface area (Å²) >= 11 is 0. The van der Waals surface area contributed by atoms with Crippen molar-refractivity contribution in [3.05, 3.63) is 70.3 Å². The first-order valence-electron chi connectivity index (χ1n) is 9.62. The molecule has 1 aliphatic carbocycles. The van der Waals surface area contributed by atoms with Gasteiger partial charge >= 0.3 is 0 Å². The molecule has 1 N–H and O–H groups in total. The van der Waals surface area contributed by atoms with E-state index in [-0.39, 0.29) is 11.4 Å². The summed E-state index contributed by atoms with van der Waals surface area (Å²) in [5.41, 5.74) is 5.44. The topological polar surface area (TPSA) is 72.7 Å². The first kappa shape index (κ1) is 18.3. The second kappa shape index (κ2) is 6.86. The molecule has 0 aliphatic heterocycles. The van der Waals surface area contributed by atoms with Crippen LogP contribution in [-0.4, -0.2) is 25.7 Å². The molecule has 3 aromatic rings. The van der Waals surface area contributed by atoms with Gasteiger partial charge in [0.2, 0.25) is 5.91 Å². The zero-order valence-electron chi connectivity index (χ0n) is 16.8. The van der Waals surface area contributed by atoms with Crippen molar-refractivity contribution in [3.8, 4) is 5.95 Å². The Balaban J connectivity index is 1.56. The number of hydrogen-bond acceptors (Lipinski definition) is 4. The third kappa shape index (κ3) is 3.42. The van der Waals surface area contributed by atoms with E-state index in [1.807, 2.05) is 52.0 Å². The highest BCUT2D eigenvalue weighted by molar-refractivity contribution is 5.80. The van der Waals surface area contributed by atoms with Gasteiger partial charge in [-0.2, -0.15) is 5.10 Å². The zero-order valence-corrected chi connectivity index (χ0v) is 16.8. The lowest BCUT2D eigenvalue weighted by Gasteiger charge is -2.18. The van der Waals surface area contributed by atoms with E-state index in [9.17, 15) is 4.79 Å². The normalized spacial score (nSPS) is 14.7. The summed E-state index contributed by atoms with van der Waals surface area (Å²) in [5.74, 6) is 0.571. The molecule has 0 unspecified atom stereocenters. The highest BCUT2D eigenvalue weighted by Gasteiger charge is 2.45. The van der Waals surface area contributed by atoms with Crippen LogP contribution in [0.4, 0.5) is 0 Å². The first-order valence-corrected chi connectivity index (χ1v) is 9.62. The molecule has 1 fully saturated rings. The number of benzene rings is 1. The Hall–Kier alpha value is -3.02. The number of rotatable bonds is 5. The lowest BCUT2D eigenvalue weighted by Crippen LogP contribution is -2.36. The minimum absolute atomic E-state index is 0.0217. The zero-order chi connectivity index (χ0) is 19.9. The number of nitrogens with one attached hydrogen (secondary N) is 1. The summed E-state index contributed by atoms with van der Waals surface area (Å²) in [6.07, 6.45) is 2.27. The Morgan fingerprint density at radius 3 is 2.32 bits per heavy atom. The average molecular weight is 375 g/mol. The number of carbonyl (C=O) groups excluding carboxylic acids is 1. The highest BCUT2D eigenvalue weighted by atomic mass is 16.1. The summed E-state index contributed by atoms with van der Waals surface area (Å²) in [4.78, 5) is 21.8. The smallest absolute Gasteiger partial charge is 0.251 e. The van der Waals surface area contributed by atoms with E-state index in [2.05, 4.69) is 32.5 Å². The molecule has 1 aromatic carbocycles. The van der Waals surface area contributed by atoms with Crippen LogP contribution in [0.2, 0.25) is 0 Å². The van der Waals surface area contributed by atoms with Crippen molar-refractivity contribution in [2.75, 3.05) is 0 Å². The fourth-order valence-electron chi connectivity index (χ4n) is 3.77. The van der Waals surface area contributed by atoms with Crippen molar-refractivity contribution in [1.29, 1.82) is 0 Å². The maximum Gasteiger partial charge on any atom is 0.251 e. The molecule has 28 heavy (non-hydrogen) atoms. The van der Waals surface area contributed by atoms with Crippen molar-refractivity contribution in [2.24, 2.45) is 0 Å². The van der Waals surface area contributed by atoms with E-state index in [1.165, 1.54) is 5.56 Å². The summed E-state index contributed by atoms with van der Waals surface area (Å²) in [5, 5.41) is 7.84. The molecule has 1 amide bonds. The number of carbonyl (C=O) groups is 1. The molecule has 1 aliphatic rings. The Morgan fingerprint density at radius 1 is 1.07 bits per heavy atom. The molecule has 1 saturated carbocycles. The lowest BCUT2D eigenvalue weighted by atomic mass is 10.0. The van der Waals surface area contributed by atoms with Gasteiger partial charge in [-0.1, -0.05) is 30.3 Å². The Kier molecular flexibility index (Phi) is 4.49. The number of hydrogen-bond donors (Lipinski definition) is 1. The molecule has 4 rings (SSSR count). The largest absolute Gasteiger partial charge is 0.346 e. The maximum absolute atomic E-state index is 12.8. The third-order valence-electron chi connectivity index (χ3n) is 5.39. The monoisotopic (exact) mass is 375 g/mol. The minimum Gasteiger partial charge on any atom is -0.346 e. The van der Waals surface area contributed by atoms with E-state index in [1.54, 1.807) is 4.68 Å². The molecule has 0 atom stereocenters. The molecule has 0 radical (unpaired) electrons. The van der Waals surface area contributed by atoms with Crippen LogP contribution in [0.1, 0.15) is 46.7 Å². The molecule has 6 nitrogen and oxygen atoms in total. The van der Waals surface area contributed by atoms with Gasteiger partial charge in [0.05, 0.1) is 17.7 Å². The number of nitrogens with zero attached hydrogens (tertiary/aromatic N) is 4. The Morgan fingerprint density at radius 2 is 1.71 bits per heavy atom. The predicted molar refractivity (Wildman–Crippen MR) is 107 cm³/mol. The van der Waals surface area contributed by atoms with Gasteiger partial charge in [-0.25, -0.2) is 14.6 Å².